The highest BCUT2D eigenvalue weighted by Gasteiger charge is 2.13. The molecular formula is C17H20BrNOS. The molecule has 2 rings (SSSR count). The normalized spacial score (nSPS) is 11.1. The van der Waals surface area contributed by atoms with Gasteiger partial charge in [-0.15, -0.1) is 11.3 Å². The number of benzene rings is 1. The van der Waals surface area contributed by atoms with E-state index in [1.54, 1.807) is 11.3 Å². The van der Waals surface area contributed by atoms with Crippen molar-refractivity contribution in [2.75, 3.05) is 13.6 Å². The molecule has 2 aromatic rings. The van der Waals surface area contributed by atoms with E-state index in [1.165, 1.54) is 16.7 Å². The number of nitrogens with zero attached hydrogens (tertiary/aromatic N) is 1. The van der Waals surface area contributed by atoms with E-state index in [2.05, 4.69) is 52.2 Å². The lowest BCUT2D eigenvalue weighted by Gasteiger charge is -2.16. The average molecular weight is 366 g/mol. The molecule has 0 saturated heterocycles. The number of Topliss-reactive ketones (excluding diaryl/α,β-unsaturated/α-hetero) is 1. The predicted octanol–water partition coefficient (Wildman–Crippen LogP) is 4.75. The van der Waals surface area contributed by atoms with E-state index < -0.39 is 0 Å². The fourth-order valence-electron chi connectivity index (χ4n) is 2.39. The zero-order valence-electron chi connectivity index (χ0n) is 12.9. The van der Waals surface area contributed by atoms with Gasteiger partial charge in [-0.25, -0.2) is 0 Å². The Morgan fingerprint density at radius 2 is 1.81 bits per heavy atom. The van der Waals surface area contributed by atoms with Gasteiger partial charge in [0.25, 0.3) is 0 Å². The van der Waals surface area contributed by atoms with E-state index >= 15 is 0 Å². The molecule has 0 fully saturated rings. The second kappa shape index (κ2) is 6.86. The van der Waals surface area contributed by atoms with Gasteiger partial charge in [0.1, 0.15) is 0 Å². The van der Waals surface area contributed by atoms with Crippen molar-refractivity contribution in [2.45, 2.75) is 27.3 Å². The van der Waals surface area contributed by atoms with E-state index in [4.69, 9.17) is 0 Å². The first-order valence-corrected chi connectivity index (χ1v) is 8.56. The minimum atomic E-state index is 0.187. The van der Waals surface area contributed by atoms with Crippen LogP contribution >= 0.6 is 27.3 Å². The van der Waals surface area contributed by atoms with Gasteiger partial charge in [-0.3, -0.25) is 9.69 Å². The third kappa shape index (κ3) is 4.25. The number of hydrogen-bond donors (Lipinski definition) is 0. The Kier molecular flexibility index (Phi) is 5.36. The van der Waals surface area contributed by atoms with E-state index in [0.29, 0.717) is 6.54 Å². The molecule has 1 aromatic heterocycles. The van der Waals surface area contributed by atoms with Crippen molar-refractivity contribution in [2.24, 2.45) is 0 Å². The molecule has 0 spiro atoms. The van der Waals surface area contributed by atoms with Crippen LogP contribution in [0.15, 0.2) is 27.4 Å². The second-order valence-electron chi connectivity index (χ2n) is 5.61. The molecule has 2 nitrogen and oxygen atoms in total. The maximum atomic E-state index is 12.5. The molecule has 0 aliphatic rings. The average Bonchev–Trinajstić information content (AvgIpc) is 2.78. The van der Waals surface area contributed by atoms with Crippen LogP contribution in [0.5, 0.6) is 0 Å². The minimum absolute atomic E-state index is 0.187. The number of rotatable bonds is 5. The molecule has 0 unspecified atom stereocenters. The molecule has 1 heterocycles. The Balaban J connectivity index is 2.05. The number of carbonyl (C=O) groups is 1. The highest BCUT2D eigenvalue weighted by atomic mass is 79.9. The zero-order chi connectivity index (χ0) is 15.6. The summed E-state index contributed by atoms with van der Waals surface area (Å²) < 4.78 is 1.13. The fraction of sp³-hybridized carbons (Fsp3) is 0.353. The van der Waals surface area contributed by atoms with Crippen molar-refractivity contribution in [1.82, 2.24) is 4.90 Å². The summed E-state index contributed by atoms with van der Waals surface area (Å²) in [6, 6.07) is 6.22. The Morgan fingerprint density at radius 1 is 1.14 bits per heavy atom. The smallest absolute Gasteiger partial charge is 0.177 e. The van der Waals surface area contributed by atoms with Gasteiger partial charge >= 0.3 is 0 Å². The lowest BCUT2D eigenvalue weighted by Crippen LogP contribution is -2.26. The SMILES string of the molecule is Cc1cc(C)c(C(=O)CN(C)Cc2csc(Br)c2)cc1C. The Morgan fingerprint density at radius 3 is 2.43 bits per heavy atom. The first-order valence-electron chi connectivity index (χ1n) is 6.89. The van der Waals surface area contributed by atoms with Crippen molar-refractivity contribution < 1.29 is 4.79 Å². The van der Waals surface area contributed by atoms with Crippen LogP contribution in [0.4, 0.5) is 0 Å². The van der Waals surface area contributed by atoms with Crippen LogP contribution in [0.2, 0.25) is 0 Å². The van der Waals surface area contributed by atoms with E-state index in [0.717, 1.165) is 21.5 Å². The van der Waals surface area contributed by atoms with Gasteiger partial charge in [0, 0.05) is 12.1 Å². The zero-order valence-corrected chi connectivity index (χ0v) is 15.3. The maximum Gasteiger partial charge on any atom is 0.177 e. The lowest BCUT2D eigenvalue weighted by atomic mass is 9.98. The molecule has 21 heavy (non-hydrogen) atoms. The minimum Gasteiger partial charge on any atom is -0.295 e. The van der Waals surface area contributed by atoms with Gasteiger partial charge in [-0.05, 0) is 83.5 Å². The number of aryl methyl sites for hydroxylation is 3. The van der Waals surface area contributed by atoms with Crippen molar-refractivity contribution >= 4 is 33.0 Å². The topological polar surface area (TPSA) is 20.3 Å². The van der Waals surface area contributed by atoms with E-state index in [-0.39, 0.29) is 5.78 Å². The lowest BCUT2D eigenvalue weighted by molar-refractivity contribution is 0.0942. The molecule has 112 valence electrons. The molecule has 0 radical (unpaired) electrons. The highest BCUT2D eigenvalue weighted by Crippen LogP contribution is 2.22. The van der Waals surface area contributed by atoms with Crippen LogP contribution in [0.1, 0.15) is 32.6 Å². The predicted molar refractivity (Wildman–Crippen MR) is 93.3 cm³/mol. The van der Waals surface area contributed by atoms with Gasteiger partial charge < -0.3 is 0 Å². The Bertz CT molecular complexity index is 663. The van der Waals surface area contributed by atoms with E-state index in [9.17, 15) is 4.79 Å². The molecule has 0 aliphatic carbocycles. The number of hydrogen-bond acceptors (Lipinski definition) is 3. The van der Waals surface area contributed by atoms with Gasteiger partial charge in [0.15, 0.2) is 5.78 Å². The second-order valence-corrected chi connectivity index (χ2v) is 7.90. The van der Waals surface area contributed by atoms with Gasteiger partial charge in [0.2, 0.25) is 0 Å². The number of ketones is 1. The summed E-state index contributed by atoms with van der Waals surface area (Å²) in [5.74, 6) is 0.187. The van der Waals surface area contributed by atoms with Crippen molar-refractivity contribution in [3.8, 4) is 0 Å². The van der Waals surface area contributed by atoms with Crippen molar-refractivity contribution in [1.29, 1.82) is 0 Å². The Labute approximate surface area is 138 Å². The summed E-state index contributed by atoms with van der Waals surface area (Å²) in [5.41, 5.74) is 5.55. The largest absolute Gasteiger partial charge is 0.295 e. The number of likely N-dealkylation sites (N-methyl/N-ethyl adjacent to an activating group) is 1. The molecule has 0 aliphatic heterocycles. The van der Waals surface area contributed by atoms with E-state index in [1.807, 2.05) is 20.0 Å². The standard InChI is InChI=1S/C17H20BrNOS/c1-11-5-13(3)15(6-12(11)2)16(20)9-19(4)8-14-7-17(18)21-10-14/h5-7,10H,8-9H2,1-4H3. The van der Waals surface area contributed by atoms with Gasteiger partial charge in [-0.1, -0.05) is 6.07 Å². The molecule has 0 bridgehead atoms. The maximum absolute atomic E-state index is 12.5. The molecular weight excluding hydrogens is 346 g/mol. The quantitative estimate of drug-likeness (QED) is 0.712. The van der Waals surface area contributed by atoms with Crippen molar-refractivity contribution in [3.05, 3.63) is 55.2 Å². The third-order valence-corrected chi connectivity index (χ3v) is 5.18. The van der Waals surface area contributed by atoms with Crippen LogP contribution < -0.4 is 0 Å². The summed E-state index contributed by atoms with van der Waals surface area (Å²) in [6.07, 6.45) is 0. The summed E-state index contributed by atoms with van der Waals surface area (Å²) >= 11 is 5.14. The van der Waals surface area contributed by atoms with Gasteiger partial charge in [0.05, 0.1) is 10.3 Å². The molecule has 0 N–H and O–H groups in total. The number of halogens is 1. The molecule has 0 atom stereocenters. The first-order chi connectivity index (χ1) is 9.86. The third-order valence-electron chi connectivity index (χ3n) is 3.63. The molecule has 0 amide bonds. The molecule has 4 heteroatoms. The monoisotopic (exact) mass is 365 g/mol. The van der Waals surface area contributed by atoms with Crippen LogP contribution in [0.25, 0.3) is 0 Å². The summed E-state index contributed by atoms with van der Waals surface area (Å²) in [5, 5.41) is 2.12. The fourth-order valence-corrected chi connectivity index (χ4v) is 3.59. The van der Waals surface area contributed by atoms with Gasteiger partial charge in [-0.2, -0.15) is 0 Å². The van der Waals surface area contributed by atoms with Crippen LogP contribution in [0, 0.1) is 20.8 Å². The van der Waals surface area contributed by atoms with Crippen LogP contribution in [0.3, 0.4) is 0 Å². The summed E-state index contributed by atoms with van der Waals surface area (Å²) in [7, 11) is 1.99. The summed E-state index contributed by atoms with van der Waals surface area (Å²) in [4.78, 5) is 14.5. The number of thiophene rings is 1. The number of carbonyl (C=O) groups excluding carboxylic acids is 1. The Hall–Kier alpha value is -0.970. The summed E-state index contributed by atoms with van der Waals surface area (Å²) in [6.45, 7) is 7.37. The van der Waals surface area contributed by atoms with Crippen LogP contribution in [-0.4, -0.2) is 24.3 Å². The van der Waals surface area contributed by atoms with Crippen molar-refractivity contribution in [3.63, 3.8) is 0 Å². The first kappa shape index (κ1) is 16.4. The highest BCUT2D eigenvalue weighted by molar-refractivity contribution is 9.11. The van der Waals surface area contributed by atoms with Crippen LogP contribution in [-0.2, 0) is 6.54 Å². The molecule has 1 aromatic carbocycles. The molecule has 0 saturated carbocycles.